The summed E-state index contributed by atoms with van der Waals surface area (Å²) < 4.78 is 18.7. The molecule has 0 aliphatic rings. The Hall–Kier alpha value is -2.89. The van der Waals surface area contributed by atoms with Crippen LogP contribution in [0, 0.1) is 5.82 Å². The predicted molar refractivity (Wildman–Crippen MR) is 106 cm³/mol. The fourth-order valence-electron chi connectivity index (χ4n) is 2.75. The molecule has 1 N–H and O–H groups in total. The predicted octanol–water partition coefficient (Wildman–Crippen LogP) is 3.92. The number of carbonyl (C=O) groups is 2. The quantitative estimate of drug-likeness (QED) is 0.819. The fraction of sp³-hybridized carbons (Fsp3) is 0.364. The molecule has 0 spiro atoms. The van der Waals surface area contributed by atoms with E-state index in [1.807, 2.05) is 30.3 Å². The molecule has 28 heavy (non-hydrogen) atoms. The minimum atomic E-state index is -0.796. The molecular formula is C22H27FN2O3. The van der Waals surface area contributed by atoms with Gasteiger partial charge < -0.3 is 15.0 Å². The van der Waals surface area contributed by atoms with E-state index in [9.17, 15) is 14.0 Å². The van der Waals surface area contributed by atoms with Crippen LogP contribution in [0.25, 0.3) is 0 Å². The number of benzene rings is 2. The first-order chi connectivity index (χ1) is 13.1. The molecule has 0 heterocycles. The molecule has 6 heteroatoms. The summed E-state index contributed by atoms with van der Waals surface area (Å²) in [5.74, 6) is -0.634. The van der Waals surface area contributed by atoms with Gasteiger partial charge in [-0.15, -0.1) is 0 Å². The summed E-state index contributed by atoms with van der Waals surface area (Å²) in [6, 6.07) is 14.7. The van der Waals surface area contributed by atoms with E-state index in [4.69, 9.17) is 4.74 Å². The number of hydrogen-bond donors (Lipinski definition) is 1. The van der Waals surface area contributed by atoms with Crippen LogP contribution < -0.4 is 5.32 Å². The fourth-order valence-corrected chi connectivity index (χ4v) is 2.75. The number of rotatable bonds is 6. The molecule has 0 saturated heterocycles. The highest BCUT2D eigenvalue weighted by Crippen LogP contribution is 2.12. The number of ether oxygens (including phenoxy) is 1. The molecule has 1 atom stereocenters. The Morgan fingerprint density at radius 2 is 1.71 bits per heavy atom. The summed E-state index contributed by atoms with van der Waals surface area (Å²) in [5, 5.41) is 2.67. The molecule has 0 saturated carbocycles. The summed E-state index contributed by atoms with van der Waals surface area (Å²) in [6.07, 6.45) is -0.326. The normalized spacial score (nSPS) is 12.2. The Kier molecular flexibility index (Phi) is 7.15. The first-order valence-corrected chi connectivity index (χ1v) is 9.17. The molecule has 0 bridgehead atoms. The van der Waals surface area contributed by atoms with Gasteiger partial charge in [-0.2, -0.15) is 0 Å². The van der Waals surface area contributed by atoms with E-state index in [0.29, 0.717) is 12.0 Å². The van der Waals surface area contributed by atoms with Crippen molar-refractivity contribution < 1.29 is 18.7 Å². The van der Waals surface area contributed by atoms with Crippen LogP contribution in [0.1, 0.15) is 31.9 Å². The molecule has 1 unspecified atom stereocenters. The van der Waals surface area contributed by atoms with Crippen LogP contribution in [-0.2, 0) is 22.5 Å². The number of carbonyl (C=O) groups excluding carboxylic acids is 2. The molecule has 0 aromatic heterocycles. The van der Waals surface area contributed by atoms with Crippen LogP contribution in [-0.4, -0.2) is 35.6 Å². The zero-order chi connectivity index (χ0) is 20.7. The average molecular weight is 386 g/mol. The second-order valence-corrected chi connectivity index (χ2v) is 7.71. The van der Waals surface area contributed by atoms with E-state index >= 15 is 0 Å². The first-order valence-electron chi connectivity index (χ1n) is 9.17. The van der Waals surface area contributed by atoms with Gasteiger partial charge in [0.25, 0.3) is 0 Å². The molecule has 0 fully saturated rings. The van der Waals surface area contributed by atoms with Gasteiger partial charge >= 0.3 is 6.09 Å². The number of nitrogens with zero attached hydrogens (tertiary/aromatic N) is 1. The third kappa shape index (κ3) is 7.02. The number of halogens is 1. The Morgan fingerprint density at radius 1 is 1.07 bits per heavy atom. The maximum Gasteiger partial charge on any atom is 0.408 e. The highest BCUT2D eigenvalue weighted by molar-refractivity contribution is 5.86. The van der Waals surface area contributed by atoms with Gasteiger partial charge in [0.05, 0.1) is 0 Å². The molecular weight excluding hydrogens is 359 g/mol. The van der Waals surface area contributed by atoms with E-state index in [2.05, 4.69) is 5.32 Å². The maximum atomic E-state index is 13.4. The maximum absolute atomic E-state index is 13.4. The zero-order valence-corrected chi connectivity index (χ0v) is 16.7. The number of alkyl carbamates (subject to hydrolysis) is 1. The SMILES string of the molecule is CN(Cc1cccc(F)c1)C(=O)C(Cc1ccccc1)NC(=O)OC(C)(C)C. The van der Waals surface area contributed by atoms with Crippen LogP contribution in [0.2, 0.25) is 0 Å². The molecule has 0 radical (unpaired) electrons. The monoisotopic (exact) mass is 386 g/mol. The van der Waals surface area contributed by atoms with Crippen molar-refractivity contribution in [3.63, 3.8) is 0 Å². The van der Waals surface area contributed by atoms with Crippen molar-refractivity contribution in [3.05, 3.63) is 71.5 Å². The molecule has 2 rings (SSSR count). The van der Waals surface area contributed by atoms with Crippen molar-refractivity contribution in [2.45, 2.75) is 45.4 Å². The smallest absolute Gasteiger partial charge is 0.408 e. The lowest BCUT2D eigenvalue weighted by Gasteiger charge is -2.26. The molecule has 150 valence electrons. The van der Waals surface area contributed by atoms with Gasteiger partial charge in [-0.25, -0.2) is 9.18 Å². The minimum absolute atomic E-state index is 0.234. The number of hydrogen-bond acceptors (Lipinski definition) is 3. The van der Waals surface area contributed by atoms with Crippen LogP contribution in [0.3, 0.4) is 0 Å². The van der Waals surface area contributed by atoms with E-state index in [1.165, 1.54) is 17.0 Å². The molecule has 2 aromatic rings. The lowest BCUT2D eigenvalue weighted by molar-refractivity contribution is -0.132. The summed E-state index contributed by atoms with van der Waals surface area (Å²) >= 11 is 0. The Labute approximate surface area is 165 Å². The van der Waals surface area contributed by atoms with Crippen molar-refractivity contribution >= 4 is 12.0 Å². The van der Waals surface area contributed by atoms with E-state index in [1.54, 1.807) is 40.0 Å². The number of nitrogens with one attached hydrogen (secondary N) is 1. The molecule has 2 aromatic carbocycles. The van der Waals surface area contributed by atoms with Crippen molar-refractivity contribution in [2.24, 2.45) is 0 Å². The lowest BCUT2D eigenvalue weighted by Crippen LogP contribution is -2.49. The number of amides is 2. The van der Waals surface area contributed by atoms with Gasteiger partial charge in [-0.3, -0.25) is 4.79 Å². The first kappa shape index (κ1) is 21.4. The van der Waals surface area contributed by atoms with Gasteiger partial charge in [0.2, 0.25) is 5.91 Å². The highest BCUT2D eigenvalue weighted by atomic mass is 19.1. The summed E-state index contributed by atoms with van der Waals surface area (Å²) in [6.45, 7) is 5.52. The number of likely N-dealkylation sites (N-methyl/N-ethyl adjacent to an activating group) is 1. The lowest BCUT2D eigenvalue weighted by atomic mass is 10.0. The van der Waals surface area contributed by atoms with Gasteiger partial charge in [0, 0.05) is 20.0 Å². The Balaban J connectivity index is 2.13. The van der Waals surface area contributed by atoms with Crippen molar-refractivity contribution in [3.8, 4) is 0 Å². The molecule has 5 nitrogen and oxygen atoms in total. The summed E-state index contributed by atoms with van der Waals surface area (Å²) in [5.41, 5.74) is 0.917. The third-order valence-electron chi connectivity index (χ3n) is 3.96. The highest BCUT2D eigenvalue weighted by Gasteiger charge is 2.27. The Bertz CT molecular complexity index is 803. The largest absolute Gasteiger partial charge is 0.444 e. The standard InChI is InChI=1S/C22H27FN2O3/c1-22(2,3)28-21(27)24-19(14-16-9-6-5-7-10-16)20(26)25(4)15-17-11-8-12-18(23)13-17/h5-13,19H,14-15H2,1-4H3,(H,24,27). The van der Waals surface area contributed by atoms with Crippen LogP contribution >= 0.6 is 0 Å². The van der Waals surface area contributed by atoms with Crippen LogP contribution in [0.5, 0.6) is 0 Å². The zero-order valence-electron chi connectivity index (χ0n) is 16.7. The van der Waals surface area contributed by atoms with Gasteiger partial charge in [-0.1, -0.05) is 42.5 Å². The van der Waals surface area contributed by atoms with Crippen LogP contribution in [0.15, 0.2) is 54.6 Å². The van der Waals surface area contributed by atoms with Gasteiger partial charge in [-0.05, 0) is 44.0 Å². The van der Waals surface area contributed by atoms with Crippen molar-refractivity contribution in [2.75, 3.05) is 7.05 Å². The molecule has 2 amide bonds. The topological polar surface area (TPSA) is 58.6 Å². The minimum Gasteiger partial charge on any atom is -0.444 e. The van der Waals surface area contributed by atoms with Crippen molar-refractivity contribution in [1.29, 1.82) is 0 Å². The second kappa shape index (κ2) is 9.35. The Morgan fingerprint density at radius 3 is 2.32 bits per heavy atom. The molecule has 0 aliphatic carbocycles. The third-order valence-corrected chi connectivity index (χ3v) is 3.96. The van der Waals surface area contributed by atoms with Gasteiger partial charge in [0.1, 0.15) is 17.5 Å². The summed E-state index contributed by atoms with van der Waals surface area (Å²) in [7, 11) is 1.63. The van der Waals surface area contributed by atoms with E-state index in [0.717, 1.165) is 5.56 Å². The van der Waals surface area contributed by atoms with Crippen molar-refractivity contribution in [1.82, 2.24) is 10.2 Å². The summed E-state index contributed by atoms with van der Waals surface area (Å²) in [4.78, 5) is 26.7. The van der Waals surface area contributed by atoms with E-state index in [-0.39, 0.29) is 18.3 Å². The van der Waals surface area contributed by atoms with Gasteiger partial charge in [0.15, 0.2) is 0 Å². The second-order valence-electron chi connectivity index (χ2n) is 7.71. The molecule has 0 aliphatic heterocycles. The average Bonchev–Trinajstić information content (AvgIpc) is 2.60. The van der Waals surface area contributed by atoms with Crippen LogP contribution in [0.4, 0.5) is 9.18 Å². The van der Waals surface area contributed by atoms with E-state index < -0.39 is 17.7 Å².